The third kappa shape index (κ3) is 9.32. The van der Waals surface area contributed by atoms with Gasteiger partial charge in [0.25, 0.3) is 0 Å². The van der Waals surface area contributed by atoms with Crippen LogP contribution in [0.1, 0.15) is 17.5 Å². The van der Waals surface area contributed by atoms with Crippen LogP contribution in [0, 0.1) is 5.82 Å². The van der Waals surface area contributed by atoms with Crippen molar-refractivity contribution < 1.29 is 17.6 Å². The zero-order valence-corrected chi connectivity index (χ0v) is 18.5. The van der Waals surface area contributed by atoms with Gasteiger partial charge in [-0.25, -0.2) is 12.8 Å². The van der Waals surface area contributed by atoms with Gasteiger partial charge in [0.15, 0.2) is 15.8 Å². The molecule has 1 aromatic rings. The summed E-state index contributed by atoms with van der Waals surface area (Å²) >= 11 is 0. The minimum absolute atomic E-state index is 0. The Bertz CT molecular complexity index is 739. The topological polar surface area (TPSA) is 90.9 Å². The molecule has 26 heavy (non-hydrogen) atoms. The van der Waals surface area contributed by atoms with Crippen molar-refractivity contribution in [3.05, 3.63) is 35.1 Å². The molecule has 0 bridgehead atoms. The van der Waals surface area contributed by atoms with E-state index in [1.54, 1.807) is 21.1 Å². The van der Waals surface area contributed by atoms with Crippen molar-refractivity contribution >= 4 is 45.7 Å². The number of aliphatic imine (C=N–C) groups is 1. The van der Waals surface area contributed by atoms with Gasteiger partial charge in [-0.1, -0.05) is 6.07 Å². The highest BCUT2D eigenvalue weighted by molar-refractivity contribution is 14.0. The molecule has 0 saturated carbocycles. The molecule has 0 aromatic heterocycles. The number of rotatable bonds is 7. The molecule has 0 aliphatic heterocycles. The van der Waals surface area contributed by atoms with Gasteiger partial charge in [-0.2, -0.15) is 0 Å². The van der Waals surface area contributed by atoms with Gasteiger partial charge >= 0.3 is 0 Å². The Morgan fingerprint density at radius 1 is 1.23 bits per heavy atom. The van der Waals surface area contributed by atoms with E-state index in [2.05, 4.69) is 15.6 Å². The van der Waals surface area contributed by atoms with Crippen molar-refractivity contribution in [1.82, 2.24) is 15.5 Å². The molecule has 148 valence electrons. The van der Waals surface area contributed by atoms with E-state index in [0.717, 1.165) is 6.26 Å². The molecule has 0 atom stereocenters. The Labute approximate surface area is 171 Å². The number of benzene rings is 1. The summed E-state index contributed by atoms with van der Waals surface area (Å²) in [5, 5.41) is 5.98. The minimum atomic E-state index is -3.23. The number of carbonyl (C=O) groups is 1. The lowest BCUT2D eigenvalue weighted by atomic mass is 10.1. The first-order valence-corrected chi connectivity index (χ1v) is 9.78. The molecule has 0 aliphatic rings. The van der Waals surface area contributed by atoms with Crippen molar-refractivity contribution in [2.24, 2.45) is 4.99 Å². The molecule has 7 nitrogen and oxygen atoms in total. The van der Waals surface area contributed by atoms with E-state index in [0.29, 0.717) is 30.1 Å². The molecule has 0 fully saturated rings. The summed E-state index contributed by atoms with van der Waals surface area (Å²) < 4.78 is 36.5. The number of guanidine groups is 1. The lowest BCUT2D eigenvalue weighted by Crippen LogP contribution is -2.39. The van der Waals surface area contributed by atoms with Crippen molar-refractivity contribution in [1.29, 1.82) is 0 Å². The molecule has 2 N–H and O–H groups in total. The minimum Gasteiger partial charge on any atom is -0.356 e. The van der Waals surface area contributed by atoms with Gasteiger partial charge in [-0.05, 0) is 23.3 Å². The largest absolute Gasteiger partial charge is 0.356 e. The SMILES string of the molecule is CN=C(NCCC(=O)N(C)C)NCc1cc(F)ccc1CS(C)(=O)=O.I. The van der Waals surface area contributed by atoms with Gasteiger partial charge in [-0.15, -0.1) is 24.0 Å². The monoisotopic (exact) mass is 500 g/mol. The molecule has 0 heterocycles. The van der Waals surface area contributed by atoms with E-state index in [1.165, 1.54) is 23.1 Å². The van der Waals surface area contributed by atoms with Crippen molar-refractivity contribution in [3.8, 4) is 0 Å². The molecule has 0 saturated heterocycles. The Morgan fingerprint density at radius 3 is 2.42 bits per heavy atom. The number of hydrogen-bond donors (Lipinski definition) is 2. The maximum atomic E-state index is 13.5. The number of nitrogens with zero attached hydrogens (tertiary/aromatic N) is 2. The van der Waals surface area contributed by atoms with Gasteiger partial charge in [-0.3, -0.25) is 9.79 Å². The van der Waals surface area contributed by atoms with Crippen LogP contribution in [0.15, 0.2) is 23.2 Å². The average molecular weight is 500 g/mol. The first-order valence-electron chi connectivity index (χ1n) is 7.72. The molecule has 1 aromatic carbocycles. The predicted molar refractivity (Wildman–Crippen MR) is 112 cm³/mol. The van der Waals surface area contributed by atoms with E-state index in [-0.39, 0.29) is 42.2 Å². The zero-order valence-electron chi connectivity index (χ0n) is 15.4. The smallest absolute Gasteiger partial charge is 0.223 e. The van der Waals surface area contributed by atoms with Gasteiger partial charge < -0.3 is 15.5 Å². The summed E-state index contributed by atoms with van der Waals surface area (Å²) in [6.45, 7) is 0.611. The number of nitrogens with one attached hydrogen (secondary N) is 2. The average Bonchev–Trinajstić information content (AvgIpc) is 2.51. The van der Waals surface area contributed by atoms with Crippen LogP contribution >= 0.6 is 24.0 Å². The number of carbonyl (C=O) groups excluding carboxylic acids is 1. The lowest BCUT2D eigenvalue weighted by Gasteiger charge is -2.15. The second-order valence-corrected chi connectivity index (χ2v) is 8.01. The highest BCUT2D eigenvalue weighted by atomic mass is 127. The molecule has 0 radical (unpaired) electrons. The standard InChI is InChI=1S/C16H25FN4O3S.HI/c1-18-16(19-8-7-15(22)21(2)3)20-10-13-9-14(17)6-5-12(13)11-25(4,23)24;/h5-6,9H,7-8,10-11H2,1-4H3,(H2,18,19,20);1H. The third-order valence-corrected chi connectivity index (χ3v) is 4.22. The lowest BCUT2D eigenvalue weighted by molar-refractivity contribution is -0.128. The molecule has 0 aliphatic carbocycles. The molecule has 1 rings (SSSR count). The van der Waals surface area contributed by atoms with Crippen LogP contribution in [-0.2, 0) is 26.9 Å². The highest BCUT2D eigenvalue weighted by Crippen LogP contribution is 2.14. The Hall–Kier alpha value is -1.43. The molecule has 1 amide bonds. The van der Waals surface area contributed by atoms with Crippen LogP contribution in [-0.4, -0.2) is 59.1 Å². The Balaban J connectivity index is 0.00000625. The van der Waals surface area contributed by atoms with Crippen molar-refractivity contribution in [2.45, 2.75) is 18.7 Å². The summed E-state index contributed by atoms with van der Waals surface area (Å²) in [5.41, 5.74) is 1.08. The van der Waals surface area contributed by atoms with Gasteiger partial charge in [0, 0.05) is 46.9 Å². The third-order valence-electron chi connectivity index (χ3n) is 3.39. The van der Waals surface area contributed by atoms with Crippen molar-refractivity contribution in [2.75, 3.05) is 33.9 Å². The molecule has 0 spiro atoms. The maximum absolute atomic E-state index is 13.5. The van der Waals surface area contributed by atoms with Crippen LogP contribution in [0.3, 0.4) is 0 Å². The number of sulfone groups is 1. The van der Waals surface area contributed by atoms with Crippen LogP contribution in [0.25, 0.3) is 0 Å². The molecule has 10 heteroatoms. The Morgan fingerprint density at radius 2 is 1.88 bits per heavy atom. The van der Waals surface area contributed by atoms with Gasteiger partial charge in [0.2, 0.25) is 5.91 Å². The summed E-state index contributed by atoms with van der Waals surface area (Å²) in [6, 6.07) is 4.01. The van der Waals surface area contributed by atoms with Crippen LogP contribution in [0.4, 0.5) is 4.39 Å². The first kappa shape index (κ1) is 24.6. The summed E-state index contributed by atoms with van der Waals surface area (Å²) in [5.74, 6) is -0.161. The Kier molecular flexibility index (Phi) is 10.7. The van der Waals surface area contributed by atoms with Gasteiger partial charge in [0.1, 0.15) is 5.82 Å². The second-order valence-electron chi connectivity index (χ2n) is 5.87. The fourth-order valence-corrected chi connectivity index (χ4v) is 2.94. The fraction of sp³-hybridized carbons (Fsp3) is 0.500. The van der Waals surface area contributed by atoms with Crippen LogP contribution in [0.2, 0.25) is 0 Å². The zero-order chi connectivity index (χ0) is 19.0. The van der Waals surface area contributed by atoms with Crippen LogP contribution < -0.4 is 10.6 Å². The van der Waals surface area contributed by atoms with Crippen LogP contribution in [0.5, 0.6) is 0 Å². The summed E-state index contributed by atoms with van der Waals surface area (Å²) in [4.78, 5) is 17.1. The highest BCUT2D eigenvalue weighted by Gasteiger charge is 2.11. The van der Waals surface area contributed by atoms with E-state index in [4.69, 9.17) is 0 Å². The second kappa shape index (κ2) is 11.3. The summed E-state index contributed by atoms with van der Waals surface area (Å²) in [6.07, 6.45) is 1.45. The normalized spacial score (nSPS) is 11.5. The van der Waals surface area contributed by atoms with E-state index < -0.39 is 15.7 Å². The number of hydrogen-bond acceptors (Lipinski definition) is 4. The molecular formula is C16H26FIN4O3S. The van der Waals surface area contributed by atoms with E-state index in [9.17, 15) is 17.6 Å². The predicted octanol–water partition coefficient (Wildman–Crippen LogP) is 1.13. The number of halogens is 2. The first-order chi connectivity index (χ1) is 11.6. The van der Waals surface area contributed by atoms with E-state index >= 15 is 0 Å². The molecule has 0 unspecified atom stereocenters. The van der Waals surface area contributed by atoms with Gasteiger partial charge in [0.05, 0.1) is 5.75 Å². The maximum Gasteiger partial charge on any atom is 0.223 e. The van der Waals surface area contributed by atoms with Crippen molar-refractivity contribution in [3.63, 3.8) is 0 Å². The molecular weight excluding hydrogens is 474 g/mol. The summed E-state index contributed by atoms with van der Waals surface area (Å²) in [7, 11) is 1.72. The fourth-order valence-electron chi connectivity index (χ4n) is 2.09. The number of amides is 1. The van der Waals surface area contributed by atoms with E-state index in [1.807, 2.05) is 0 Å². The quantitative estimate of drug-likeness (QED) is 0.333.